The van der Waals surface area contributed by atoms with Gasteiger partial charge in [-0.3, -0.25) is 4.90 Å². The van der Waals surface area contributed by atoms with Gasteiger partial charge in [0.05, 0.1) is 31.9 Å². The third-order valence-electron chi connectivity index (χ3n) is 5.37. The van der Waals surface area contributed by atoms with Gasteiger partial charge in [-0.2, -0.15) is 0 Å². The first-order valence-electron chi connectivity index (χ1n) is 9.72. The normalized spacial score (nSPS) is 19.5. The average molecular weight is 437 g/mol. The molecule has 2 aliphatic rings. The fourth-order valence-electron chi connectivity index (χ4n) is 3.81. The number of carbonyl (C=O) groups is 2. The van der Waals surface area contributed by atoms with Crippen LogP contribution in [0.2, 0.25) is 0 Å². The number of nitrogens with zero attached hydrogens (tertiary/aromatic N) is 6. The van der Waals surface area contributed by atoms with Gasteiger partial charge >= 0.3 is 12.2 Å². The van der Waals surface area contributed by atoms with Gasteiger partial charge in [0, 0.05) is 25.2 Å². The van der Waals surface area contributed by atoms with Crippen molar-refractivity contribution < 1.29 is 27.8 Å². The minimum absolute atomic E-state index is 0.0220. The van der Waals surface area contributed by atoms with Crippen LogP contribution in [0, 0.1) is 11.6 Å². The van der Waals surface area contributed by atoms with Crippen LogP contribution in [0.1, 0.15) is 18.9 Å². The van der Waals surface area contributed by atoms with Crippen molar-refractivity contribution in [1.29, 1.82) is 0 Å². The van der Waals surface area contributed by atoms with Crippen LogP contribution in [0.3, 0.4) is 0 Å². The Balaban J connectivity index is 1.43. The van der Waals surface area contributed by atoms with Gasteiger partial charge in [0.25, 0.3) is 0 Å². The summed E-state index contributed by atoms with van der Waals surface area (Å²) in [6.07, 6.45) is 0.727. The molecule has 0 unspecified atom stereocenters. The molecule has 0 spiro atoms. The predicted molar refractivity (Wildman–Crippen MR) is 103 cm³/mol. The molecular formula is C18H21F2N7O4. The molecule has 2 amide bonds. The van der Waals surface area contributed by atoms with E-state index >= 15 is 0 Å². The zero-order chi connectivity index (χ0) is 22.0. The average Bonchev–Trinajstić information content (AvgIpc) is 3.42. The van der Waals surface area contributed by atoms with Gasteiger partial charge in [0.2, 0.25) is 0 Å². The molecule has 166 valence electrons. The second-order valence-corrected chi connectivity index (χ2v) is 7.25. The number of halogens is 2. The SMILES string of the molecule is COC(=O)NC[C@H]1CN(c2cc(F)c(N3CCC(n4cnnn4)CC3)c(F)c2)C(=O)O1. The molecule has 0 aliphatic carbocycles. The molecule has 2 aromatic rings. The zero-order valence-electron chi connectivity index (χ0n) is 16.7. The molecule has 0 radical (unpaired) electrons. The standard InChI is InChI=1S/C18H21F2N7O4/c1-30-17(28)21-8-13-9-26(18(29)31-13)12-6-14(19)16(15(20)7-12)25-4-2-11(3-5-25)27-10-22-23-24-27/h6-7,10-11,13H,2-5,8-9H2,1H3,(H,21,28)/t13-/m0/s1. The number of ether oxygens (including phenoxy) is 2. The number of piperidine rings is 1. The third-order valence-corrected chi connectivity index (χ3v) is 5.37. The van der Waals surface area contributed by atoms with Crippen molar-refractivity contribution in [1.82, 2.24) is 25.5 Å². The number of nitrogens with one attached hydrogen (secondary N) is 1. The van der Waals surface area contributed by atoms with Crippen LogP contribution >= 0.6 is 0 Å². The summed E-state index contributed by atoms with van der Waals surface area (Å²) in [5.74, 6) is -1.53. The maximum Gasteiger partial charge on any atom is 0.414 e. The maximum atomic E-state index is 14.9. The van der Waals surface area contributed by atoms with E-state index < -0.39 is 29.9 Å². The van der Waals surface area contributed by atoms with Crippen molar-refractivity contribution in [2.45, 2.75) is 25.0 Å². The summed E-state index contributed by atoms with van der Waals surface area (Å²) < 4.78 is 41.0. The summed E-state index contributed by atoms with van der Waals surface area (Å²) in [6, 6.07) is 2.30. The van der Waals surface area contributed by atoms with Crippen molar-refractivity contribution >= 4 is 23.6 Å². The number of aromatic nitrogens is 4. The molecule has 2 saturated heterocycles. The molecule has 2 fully saturated rings. The van der Waals surface area contributed by atoms with Gasteiger partial charge in [-0.1, -0.05) is 0 Å². The van der Waals surface area contributed by atoms with Gasteiger partial charge in [0.1, 0.15) is 18.1 Å². The van der Waals surface area contributed by atoms with Crippen LogP contribution in [0.4, 0.5) is 29.7 Å². The Kier molecular flexibility index (Phi) is 5.82. The molecule has 1 atom stereocenters. The highest BCUT2D eigenvalue weighted by Crippen LogP contribution is 2.33. The van der Waals surface area contributed by atoms with Crippen LogP contribution in [-0.4, -0.2) is 71.8 Å². The number of benzene rings is 1. The van der Waals surface area contributed by atoms with Gasteiger partial charge in [0.15, 0.2) is 11.6 Å². The minimum Gasteiger partial charge on any atom is -0.453 e. The van der Waals surface area contributed by atoms with E-state index in [2.05, 4.69) is 25.6 Å². The lowest BCUT2D eigenvalue weighted by Gasteiger charge is -2.33. The summed E-state index contributed by atoms with van der Waals surface area (Å²) >= 11 is 0. The van der Waals surface area contributed by atoms with Crippen molar-refractivity contribution in [3.63, 3.8) is 0 Å². The van der Waals surface area contributed by atoms with Crippen molar-refractivity contribution in [3.05, 3.63) is 30.1 Å². The van der Waals surface area contributed by atoms with E-state index in [1.165, 1.54) is 13.4 Å². The number of alkyl carbamates (subject to hydrolysis) is 1. The molecule has 1 aromatic carbocycles. The molecule has 0 bridgehead atoms. The summed E-state index contributed by atoms with van der Waals surface area (Å²) in [4.78, 5) is 26.1. The van der Waals surface area contributed by atoms with E-state index in [1.807, 2.05) is 0 Å². The van der Waals surface area contributed by atoms with Gasteiger partial charge in [-0.25, -0.2) is 23.1 Å². The first-order valence-corrected chi connectivity index (χ1v) is 9.72. The largest absolute Gasteiger partial charge is 0.453 e. The van der Waals surface area contributed by atoms with Crippen molar-refractivity contribution in [2.75, 3.05) is 43.1 Å². The van der Waals surface area contributed by atoms with E-state index in [0.29, 0.717) is 25.9 Å². The van der Waals surface area contributed by atoms with Gasteiger partial charge in [-0.05, 0) is 23.3 Å². The second-order valence-electron chi connectivity index (χ2n) is 7.25. The molecule has 31 heavy (non-hydrogen) atoms. The lowest BCUT2D eigenvalue weighted by Crippen LogP contribution is -2.36. The number of hydrogen-bond donors (Lipinski definition) is 1. The summed E-state index contributed by atoms with van der Waals surface area (Å²) in [5.41, 5.74) is -0.0803. The first-order chi connectivity index (χ1) is 15.0. The van der Waals surface area contributed by atoms with Crippen LogP contribution in [0.25, 0.3) is 0 Å². The molecule has 13 heteroatoms. The first kappa shape index (κ1) is 20.8. The fraction of sp³-hybridized carbons (Fsp3) is 0.500. The Morgan fingerprint density at radius 1 is 1.29 bits per heavy atom. The monoisotopic (exact) mass is 437 g/mol. The van der Waals surface area contributed by atoms with Crippen molar-refractivity contribution in [2.24, 2.45) is 0 Å². The number of anilines is 2. The van der Waals surface area contributed by atoms with Crippen LogP contribution < -0.4 is 15.1 Å². The number of methoxy groups -OCH3 is 1. The molecule has 0 saturated carbocycles. The lowest BCUT2D eigenvalue weighted by molar-refractivity contribution is 0.132. The Morgan fingerprint density at radius 2 is 2.00 bits per heavy atom. The van der Waals surface area contributed by atoms with E-state index in [1.54, 1.807) is 9.58 Å². The number of amides is 2. The molecule has 2 aliphatic heterocycles. The number of cyclic esters (lactones) is 1. The second kappa shape index (κ2) is 8.70. The fourth-order valence-corrected chi connectivity index (χ4v) is 3.81. The summed E-state index contributed by atoms with van der Waals surface area (Å²) in [5, 5.41) is 13.5. The summed E-state index contributed by atoms with van der Waals surface area (Å²) in [7, 11) is 1.21. The number of carbonyl (C=O) groups excluding carboxylic acids is 2. The molecule has 1 aromatic heterocycles. The van der Waals surface area contributed by atoms with E-state index in [0.717, 1.165) is 17.0 Å². The van der Waals surface area contributed by atoms with E-state index in [-0.39, 0.29) is 30.5 Å². The number of hydrogen-bond acceptors (Lipinski definition) is 8. The number of tetrazole rings is 1. The Hall–Kier alpha value is -3.51. The Labute approximate surface area is 175 Å². The molecule has 1 N–H and O–H groups in total. The van der Waals surface area contributed by atoms with Crippen LogP contribution in [-0.2, 0) is 9.47 Å². The zero-order valence-corrected chi connectivity index (χ0v) is 16.7. The minimum atomic E-state index is -0.764. The third kappa shape index (κ3) is 4.34. The highest BCUT2D eigenvalue weighted by Gasteiger charge is 2.34. The number of rotatable bonds is 5. The van der Waals surface area contributed by atoms with E-state index in [4.69, 9.17) is 4.74 Å². The van der Waals surface area contributed by atoms with E-state index in [9.17, 15) is 18.4 Å². The molecule has 4 rings (SSSR count). The predicted octanol–water partition coefficient (Wildman–Crippen LogP) is 1.47. The highest BCUT2D eigenvalue weighted by atomic mass is 19.1. The maximum absolute atomic E-state index is 14.9. The van der Waals surface area contributed by atoms with Gasteiger partial charge in [-0.15, -0.1) is 5.10 Å². The molecular weight excluding hydrogens is 416 g/mol. The van der Waals surface area contributed by atoms with Crippen molar-refractivity contribution in [3.8, 4) is 0 Å². The van der Waals surface area contributed by atoms with Gasteiger partial charge < -0.3 is 19.7 Å². The van der Waals surface area contributed by atoms with Crippen LogP contribution in [0.5, 0.6) is 0 Å². The smallest absolute Gasteiger partial charge is 0.414 e. The lowest BCUT2D eigenvalue weighted by atomic mass is 10.0. The quantitative estimate of drug-likeness (QED) is 0.748. The molecule has 11 nitrogen and oxygen atoms in total. The Morgan fingerprint density at radius 3 is 2.61 bits per heavy atom. The Bertz CT molecular complexity index is 927. The highest BCUT2D eigenvalue weighted by molar-refractivity contribution is 5.90. The van der Waals surface area contributed by atoms with Crippen LogP contribution in [0.15, 0.2) is 18.5 Å². The topological polar surface area (TPSA) is 115 Å². The summed E-state index contributed by atoms with van der Waals surface area (Å²) in [6.45, 7) is 0.933. The molecule has 3 heterocycles.